The Morgan fingerprint density at radius 1 is 1.31 bits per heavy atom. The monoisotopic (exact) mass is 287 g/mol. The number of amides is 1. The van der Waals surface area contributed by atoms with E-state index in [9.17, 15) is 4.79 Å². The molecule has 0 aromatic rings. The molecule has 0 aromatic carbocycles. The Morgan fingerprint density at radius 3 is 2.38 bits per heavy atom. The summed E-state index contributed by atoms with van der Waals surface area (Å²) in [5.74, 6) is 0.425. The lowest BCUT2D eigenvalue weighted by Gasteiger charge is -2.41. The van der Waals surface area contributed by atoms with Crippen LogP contribution in [-0.4, -0.2) is 28.7 Å². The van der Waals surface area contributed by atoms with E-state index in [1.165, 1.54) is 32.1 Å². The molecule has 2 nitrogen and oxygen atoms in total. The first-order valence-corrected chi connectivity index (χ1v) is 7.66. The molecular weight excluding hydrogens is 266 g/mol. The molecule has 92 valence electrons. The van der Waals surface area contributed by atoms with E-state index in [0.29, 0.717) is 11.9 Å². The highest BCUT2D eigenvalue weighted by atomic mass is 79.9. The van der Waals surface area contributed by atoms with Gasteiger partial charge in [0.2, 0.25) is 5.91 Å². The van der Waals surface area contributed by atoms with Crippen molar-refractivity contribution in [1.82, 2.24) is 4.90 Å². The molecule has 2 aliphatic carbocycles. The van der Waals surface area contributed by atoms with Gasteiger partial charge in [-0.25, -0.2) is 0 Å². The van der Waals surface area contributed by atoms with Gasteiger partial charge in [0.1, 0.15) is 0 Å². The van der Waals surface area contributed by atoms with E-state index in [4.69, 9.17) is 0 Å². The first-order valence-electron chi connectivity index (χ1n) is 6.54. The number of hydrogen-bond donors (Lipinski definition) is 0. The average molecular weight is 288 g/mol. The molecule has 0 aromatic heterocycles. The Labute approximate surface area is 107 Å². The predicted octanol–water partition coefficient (Wildman–Crippen LogP) is 3.34. The number of nitrogens with zero attached hydrogens (tertiary/aromatic N) is 1. The number of hydrogen-bond acceptors (Lipinski definition) is 1. The molecule has 1 amide bonds. The lowest BCUT2D eigenvalue weighted by atomic mass is 9.84. The molecule has 16 heavy (non-hydrogen) atoms. The third kappa shape index (κ3) is 2.29. The molecule has 0 aliphatic heterocycles. The normalized spacial score (nSPS) is 24.1. The summed E-state index contributed by atoms with van der Waals surface area (Å²) in [6, 6.07) is 0.544. The summed E-state index contributed by atoms with van der Waals surface area (Å²) in [6.07, 6.45) is 8.38. The van der Waals surface area contributed by atoms with Crippen molar-refractivity contribution in [2.75, 3.05) is 11.9 Å². The smallest absolute Gasteiger partial charge is 0.228 e. The highest BCUT2D eigenvalue weighted by molar-refractivity contribution is 9.09. The first kappa shape index (κ1) is 12.4. The molecule has 2 saturated carbocycles. The lowest BCUT2D eigenvalue weighted by Crippen LogP contribution is -2.50. The maximum absolute atomic E-state index is 12.6. The van der Waals surface area contributed by atoms with Crippen LogP contribution in [0.15, 0.2) is 0 Å². The van der Waals surface area contributed by atoms with E-state index in [2.05, 4.69) is 27.8 Å². The van der Waals surface area contributed by atoms with Crippen molar-refractivity contribution >= 4 is 21.8 Å². The summed E-state index contributed by atoms with van der Waals surface area (Å²) >= 11 is 3.47. The highest BCUT2D eigenvalue weighted by Gasteiger charge is 2.41. The maximum Gasteiger partial charge on any atom is 0.228 e. The van der Waals surface area contributed by atoms with Gasteiger partial charge in [0.25, 0.3) is 0 Å². The molecule has 0 bridgehead atoms. The van der Waals surface area contributed by atoms with Crippen LogP contribution in [0.2, 0.25) is 0 Å². The van der Waals surface area contributed by atoms with E-state index in [0.717, 1.165) is 24.7 Å². The molecule has 0 atom stereocenters. The summed E-state index contributed by atoms with van der Waals surface area (Å²) in [5, 5.41) is 0.908. The number of alkyl halides is 1. The summed E-state index contributed by atoms with van der Waals surface area (Å²) < 4.78 is 0. The van der Waals surface area contributed by atoms with Crippen LogP contribution in [0.25, 0.3) is 0 Å². The Balaban J connectivity index is 2.03. The zero-order valence-corrected chi connectivity index (χ0v) is 11.8. The van der Waals surface area contributed by atoms with Crippen LogP contribution < -0.4 is 0 Å². The largest absolute Gasteiger partial charge is 0.338 e. The Kier molecular flexibility index (Phi) is 3.93. The Morgan fingerprint density at radius 2 is 1.94 bits per heavy atom. The van der Waals surface area contributed by atoms with Gasteiger partial charge in [-0.1, -0.05) is 35.7 Å². The van der Waals surface area contributed by atoms with E-state index in [-0.39, 0.29) is 5.41 Å². The van der Waals surface area contributed by atoms with Crippen molar-refractivity contribution in [3.05, 3.63) is 0 Å². The van der Waals surface area contributed by atoms with Gasteiger partial charge < -0.3 is 4.90 Å². The molecule has 0 N–H and O–H groups in total. The zero-order valence-electron chi connectivity index (χ0n) is 10.2. The molecule has 0 heterocycles. The van der Waals surface area contributed by atoms with E-state index < -0.39 is 0 Å². The minimum Gasteiger partial charge on any atom is -0.338 e. The fourth-order valence-corrected chi connectivity index (χ4v) is 3.34. The van der Waals surface area contributed by atoms with E-state index >= 15 is 0 Å². The number of carbonyl (C=O) groups excluding carboxylic acids is 1. The standard InChI is InChI=1S/C13H22BrNO/c1-13(7-2-3-8-13)12(16)15(10-9-14)11-5-4-6-11/h11H,2-10H2,1H3. The second-order valence-corrected chi connectivity index (χ2v) is 6.33. The SMILES string of the molecule is CC1(C(=O)N(CCBr)C2CCC2)CCCC1. The minimum absolute atomic E-state index is 0.0439. The number of rotatable bonds is 4. The molecule has 3 heteroatoms. The zero-order chi connectivity index (χ0) is 11.6. The lowest BCUT2D eigenvalue weighted by molar-refractivity contribution is -0.144. The molecule has 2 aliphatic rings. The van der Waals surface area contributed by atoms with Crippen molar-refractivity contribution in [2.24, 2.45) is 5.41 Å². The topological polar surface area (TPSA) is 20.3 Å². The van der Waals surface area contributed by atoms with Crippen molar-refractivity contribution < 1.29 is 4.79 Å². The van der Waals surface area contributed by atoms with Crippen molar-refractivity contribution in [2.45, 2.75) is 57.9 Å². The van der Waals surface area contributed by atoms with Crippen LogP contribution in [0, 0.1) is 5.41 Å². The molecule has 0 spiro atoms. The molecular formula is C13H22BrNO. The van der Waals surface area contributed by atoms with Gasteiger partial charge in [-0.05, 0) is 32.1 Å². The fourth-order valence-electron chi connectivity index (χ4n) is 2.96. The summed E-state index contributed by atoms with van der Waals surface area (Å²) in [5.41, 5.74) is -0.0439. The second-order valence-electron chi connectivity index (χ2n) is 5.54. The van der Waals surface area contributed by atoms with Crippen molar-refractivity contribution in [1.29, 1.82) is 0 Å². The van der Waals surface area contributed by atoms with Crippen LogP contribution in [-0.2, 0) is 4.79 Å². The van der Waals surface area contributed by atoms with Crippen LogP contribution in [0.5, 0.6) is 0 Å². The Hall–Kier alpha value is -0.0500. The van der Waals surface area contributed by atoms with Crippen molar-refractivity contribution in [3.8, 4) is 0 Å². The van der Waals surface area contributed by atoms with Crippen LogP contribution in [0.1, 0.15) is 51.9 Å². The van der Waals surface area contributed by atoms with Gasteiger partial charge in [0.15, 0.2) is 0 Å². The predicted molar refractivity (Wildman–Crippen MR) is 69.7 cm³/mol. The third-order valence-electron chi connectivity index (χ3n) is 4.33. The van der Waals surface area contributed by atoms with Crippen molar-refractivity contribution in [3.63, 3.8) is 0 Å². The maximum atomic E-state index is 12.6. The van der Waals surface area contributed by atoms with E-state index in [1.54, 1.807) is 0 Å². The quantitative estimate of drug-likeness (QED) is 0.727. The number of carbonyl (C=O) groups is 1. The summed E-state index contributed by atoms with van der Waals surface area (Å²) in [6.45, 7) is 3.06. The van der Waals surface area contributed by atoms with E-state index in [1.807, 2.05) is 0 Å². The third-order valence-corrected chi connectivity index (χ3v) is 4.68. The van der Waals surface area contributed by atoms with Gasteiger partial charge in [0, 0.05) is 23.3 Å². The van der Waals surface area contributed by atoms with Gasteiger partial charge >= 0.3 is 0 Å². The van der Waals surface area contributed by atoms with Gasteiger partial charge in [-0.2, -0.15) is 0 Å². The van der Waals surface area contributed by atoms with Crippen LogP contribution in [0.4, 0.5) is 0 Å². The minimum atomic E-state index is -0.0439. The summed E-state index contributed by atoms with van der Waals surface area (Å²) in [4.78, 5) is 14.8. The van der Waals surface area contributed by atoms with Gasteiger partial charge in [-0.3, -0.25) is 4.79 Å². The number of halogens is 1. The molecule has 2 rings (SSSR count). The molecule has 2 fully saturated rings. The average Bonchev–Trinajstić information content (AvgIpc) is 2.62. The fraction of sp³-hybridized carbons (Fsp3) is 0.923. The summed E-state index contributed by atoms with van der Waals surface area (Å²) in [7, 11) is 0. The molecule has 0 unspecified atom stereocenters. The first-order chi connectivity index (χ1) is 7.67. The van der Waals surface area contributed by atoms with Crippen LogP contribution >= 0.6 is 15.9 Å². The highest BCUT2D eigenvalue weighted by Crippen LogP contribution is 2.40. The molecule has 0 radical (unpaired) electrons. The van der Waals surface area contributed by atoms with Gasteiger partial charge in [-0.15, -0.1) is 0 Å². The van der Waals surface area contributed by atoms with Crippen LogP contribution in [0.3, 0.4) is 0 Å². The Bertz CT molecular complexity index is 257. The second kappa shape index (κ2) is 5.07. The van der Waals surface area contributed by atoms with Gasteiger partial charge in [0.05, 0.1) is 0 Å². The molecule has 0 saturated heterocycles.